The molecule has 0 bridgehead atoms. The number of hydrogen-bond donors (Lipinski definition) is 1. The lowest BCUT2D eigenvalue weighted by Crippen LogP contribution is -1.99. The van der Waals surface area contributed by atoms with Gasteiger partial charge < -0.3 is 5.73 Å². The first kappa shape index (κ1) is 8.63. The van der Waals surface area contributed by atoms with Gasteiger partial charge in [0.15, 0.2) is 5.78 Å². The number of carbonyl (C=O) groups is 1. The van der Waals surface area contributed by atoms with E-state index in [2.05, 4.69) is 0 Å². The fraction of sp³-hybridized carbons (Fsp3) is 0.300. The Bertz CT molecular complexity index is 349. The van der Waals surface area contributed by atoms with E-state index < -0.39 is 0 Å². The SMILES string of the molecule is Nc1ccc2c(c1)C(=O)CCCS2. The fourth-order valence-electron chi connectivity index (χ4n) is 1.44. The van der Waals surface area contributed by atoms with E-state index in [-0.39, 0.29) is 5.78 Å². The number of benzene rings is 1. The topological polar surface area (TPSA) is 43.1 Å². The number of nitrogens with two attached hydrogens (primary N) is 1. The predicted octanol–water partition coefficient (Wildman–Crippen LogP) is 2.34. The summed E-state index contributed by atoms with van der Waals surface area (Å²) in [5, 5.41) is 0. The summed E-state index contributed by atoms with van der Waals surface area (Å²) in [6.07, 6.45) is 1.63. The van der Waals surface area contributed by atoms with E-state index >= 15 is 0 Å². The van der Waals surface area contributed by atoms with Crippen LogP contribution in [0.2, 0.25) is 0 Å². The molecule has 0 unspecified atom stereocenters. The number of hydrogen-bond acceptors (Lipinski definition) is 3. The van der Waals surface area contributed by atoms with E-state index in [1.54, 1.807) is 17.8 Å². The van der Waals surface area contributed by atoms with Crippen LogP contribution in [0.4, 0.5) is 5.69 Å². The van der Waals surface area contributed by atoms with Crippen LogP contribution in [0.25, 0.3) is 0 Å². The van der Waals surface area contributed by atoms with Crippen LogP contribution >= 0.6 is 11.8 Å². The van der Waals surface area contributed by atoms with Crippen molar-refractivity contribution in [1.29, 1.82) is 0 Å². The summed E-state index contributed by atoms with van der Waals surface area (Å²) < 4.78 is 0. The van der Waals surface area contributed by atoms with Crippen molar-refractivity contribution in [3.63, 3.8) is 0 Å². The van der Waals surface area contributed by atoms with Crippen molar-refractivity contribution in [2.45, 2.75) is 17.7 Å². The highest BCUT2D eigenvalue weighted by Crippen LogP contribution is 2.29. The highest BCUT2D eigenvalue weighted by Gasteiger charge is 2.15. The van der Waals surface area contributed by atoms with Crippen molar-refractivity contribution in [2.24, 2.45) is 0 Å². The quantitative estimate of drug-likeness (QED) is 0.643. The van der Waals surface area contributed by atoms with Crippen molar-refractivity contribution < 1.29 is 4.79 Å². The summed E-state index contributed by atoms with van der Waals surface area (Å²) >= 11 is 1.75. The molecule has 0 amide bonds. The smallest absolute Gasteiger partial charge is 0.164 e. The van der Waals surface area contributed by atoms with Crippen LogP contribution in [-0.4, -0.2) is 11.5 Å². The molecule has 0 aliphatic carbocycles. The third kappa shape index (κ3) is 1.70. The molecule has 0 aromatic heterocycles. The molecule has 0 radical (unpaired) electrons. The van der Waals surface area contributed by atoms with Crippen LogP contribution in [0.1, 0.15) is 23.2 Å². The average molecular weight is 193 g/mol. The van der Waals surface area contributed by atoms with Gasteiger partial charge in [0.25, 0.3) is 0 Å². The summed E-state index contributed by atoms with van der Waals surface area (Å²) in [6.45, 7) is 0. The van der Waals surface area contributed by atoms with E-state index in [9.17, 15) is 4.79 Å². The van der Waals surface area contributed by atoms with Gasteiger partial charge in [0, 0.05) is 22.6 Å². The molecule has 0 fully saturated rings. The standard InChI is InChI=1S/C10H11NOS/c11-7-3-4-10-8(6-7)9(12)2-1-5-13-10/h3-4,6H,1-2,5,11H2. The summed E-state index contributed by atoms with van der Waals surface area (Å²) in [7, 11) is 0. The summed E-state index contributed by atoms with van der Waals surface area (Å²) in [5.41, 5.74) is 7.12. The summed E-state index contributed by atoms with van der Waals surface area (Å²) in [4.78, 5) is 12.7. The van der Waals surface area contributed by atoms with Crippen LogP contribution in [0.15, 0.2) is 23.1 Å². The molecule has 13 heavy (non-hydrogen) atoms. The maximum atomic E-state index is 11.6. The van der Waals surface area contributed by atoms with Crippen molar-refractivity contribution in [1.82, 2.24) is 0 Å². The normalized spacial score (nSPS) is 16.5. The highest BCUT2D eigenvalue weighted by molar-refractivity contribution is 7.99. The third-order valence-electron chi connectivity index (χ3n) is 2.11. The zero-order valence-corrected chi connectivity index (χ0v) is 8.06. The number of rotatable bonds is 0. The molecule has 2 N–H and O–H groups in total. The van der Waals surface area contributed by atoms with Crippen LogP contribution in [0.3, 0.4) is 0 Å². The molecule has 1 aliphatic heterocycles. The lowest BCUT2D eigenvalue weighted by molar-refractivity contribution is 0.0980. The van der Waals surface area contributed by atoms with Gasteiger partial charge in [0.05, 0.1) is 0 Å². The highest BCUT2D eigenvalue weighted by atomic mass is 32.2. The second-order valence-corrected chi connectivity index (χ2v) is 4.27. The second kappa shape index (κ2) is 3.42. The lowest BCUT2D eigenvalue weighted by atomic mass is 10.1. The van der Waals surface area contributed by atoms with Gasteiger partial charge in [-0.3, -0.25) is 4.79 Å². The minimum absolute atomic E-state index is 0.229. The molecule has 1 heterocycles. The molecule has 1 aromatic carbocycles. The van der Waals surface area contributed by atoms with Crippen LogP contribution < -0.4 is 5.73 Å². The Hall–Kier alpha value is -0.960. The lowest BCUT2D eigenvalue weighted by Gasteiger charge is -2.03. The minimum Gasteiger partial charge on any atom is -0.399 e. The minimum atomic E-state index is 0.229. The summed E-state index contributed by atoms with van der Waals surface area (Å²) in [5.74, 6) is 1.26. The molecule has 68 valence electrons. The van der Waals surface area contributed by atoms with Gasteiger partial charge in [0.1, 0.15) is 0 Å². The van der Waals surface area contributed by atoms with Gasteiger partial charge in [-0.1, -0.05) is 0 Å². The largest absolute Gasteiger partial charge is 0.399 e. The Kier molecular flexibility index (Phi) is 2.27. The molecule has 1 aliphatic rings. The number of ketones is 1. The Balaban J connectivity index is 2.49. The summed E-state index contributed by atoms with van der Waals surface area (Å²) in [6, 6.07) is 5.58. The third-order valence-corrected chi connectivity index (χ3v) is 3.27. The first-order valence-corrected chi connectivity index (χ1v) is 5.31. The first-order valence-electron chi connectivity index (χ1n) is 4.33. The molecule has 2 rings (SSSR count). The number of nitrogen functional groups attached to an aromatic ring is 1. The van der Waals surface area contributed by atoms with Crippen molar-refractivity contribution >= 4 is 23.2 Å². The number of Topliss-reactive ketones (excluding diaryl/α,β-unsaturated/α-hetero) is 1. The van der Waals surface area contributed by atoms with Gasteiger partial charge in [-0.2, -0.15) is 0 Å². The molecule has 0 spiro atoms. The van der Waals surface area contributed by atoms with E-state index in [0.29, 0.717) is 12.1 Å². The number of thioether (sulfide) groups is 1. The van der Waals surface area contributed by atoms with E-state index in [1.165, 1.54) is 0 Å². The molecular formula is C10H11NOS. The van der Waals surface area contributed by atoms with Crippen LogP contribution in [-0.2, 0) is 0 Å². The molecule has 2 nitrogen and oxygen atoms in total. The van der Waals surface area contributed by atoms with Gasteiger partial charge in [0.2, 0.25) is 0 Å². The van der Waals surface area contributed by atoms with Crippen molar-refractivity contribution in [3.05, 3.63) is 23.8 Å². The van der Waals surface area contributed by atoms with Crippen LogP contribution in [0, 0.1) is 0 Å². The Morgan fingerprint density at radius 3 is 3.08 bits per heavy atom. The van der Waals surface area contributed by atoms with Crippen LogP contribution in [0.5, 0.6) is 0 Å². The van der Waals surface area contributed by atoms with E-state index in [1.807, 2.05) is 12.1 Å². The Morgan fingerprint density at radius 2 is 2.23 bits per heavy atom. The Morgan fingerprint density at radius 1 is 1.38 bits per heavy atom. The fourth-order valence-corrected chi connectivity index (χ4v) is 2.44. The number of anilines is 1. The molecule has 0 saturated heterocycles. The van der Waals surface area contributed by atoms with Crippen molar-refractivity contribution in [2.75, 3.05) is 11.5 Å². The van der Waals surface area contributed by atoms with Gasteiger partial charge >= 0.3 is 0 Å². The molecule has 3 heteroatoms. The van der Waals surface area contributed by atoms with Gasteiger partial charge in [-0.25, -0.2) is 0 Å². The van der Waals surface area contributed by atoms with Gasteiger partial charge in [-0.05, 0) is 30.4 Å². The van der Waals surface area contributed by atoms with Gasteiger partial charge in [-0.15, -0.1) is 11.8 Å². The number of carbonyl (C=O) groups excluding carboxylic acids is 1. The Labute approximate surface area is 81.5 Å². The van der Waals surface area contributed by atoms with Crippen molar-refractivity contribution in [3.8, 4) is 0 Å². The average Bonchev–Trinajstić information content (AvgIpc) is 2.29. The zero-order valence-electron chi connectivity index (χ0n) is 7.25. The second-order valence-electron chi connectivity index (χ2n) is 3.13. The van der Waals surface area contributed by atoms with E-state index in [0.717, 1.165) is 22.6 Å². The molecular weight excluding hydrogens is 182 g/mol. The number of fused-ring (bicyclic) bond motifs is 1. The maximum absolute atomic E-state index is 11.6. The first-order chi connectivity index (χ1) is 6.27. The maximum Gasteiger partial charge on any atom is 0.164 e. The molecule has 0 saturated carbocycles. The predicted molar refractivity (Wildman–Crippen MR) is 55.1 cm³/mol. The molecule has 0 atom stereocenters. The molecule has 1 aromatic rings. The monoisotopic (exact) mass is 193 g/mol. The zero-order chi connectivity index (χ0) is 9.26. The van der Waals surface area contributed by atoms with E-state index in [4.69, 9.17) is 5.73 Å².